The molecule has 0 aliphatic rings. The van der Waals surface area contributed by atoms with Gasteiger partial charge in [0.2, 0.25) is 0 Å². The van der Waals surface area contributed by atoms with Crippen LogP contribution < -0.4 is 10.6 Å². The van der Waals surface area contributed by atoms with E-state index in [0.29, 0.717) is 24.6 Å². The lowest BCUT2D eigenvalue weighted by Crippen LogP contribution is -2.23. The minimum absolute atomic E-state index is 0.382. The molecule has 1 aromatic carbocycles. The summed E-state index contributed by atoms with van der Waals surface area (Å²) in [5, 5.41) is 5.45. The van der Waals surface area contributed by atoms with Crippen molar-refractivity contribution < 1.29 is 19.1 Å². The van der Waals surface area contributed by atoms with Gasteiger partial charge >= 0.3 is 12.2 Å². The number of hydrogen-bond acceptors (Lipinski definition) is 6. The Bertz CT molecular complexity index is 697. The monoisotopic (exact) mass is 562 g/mol. The molecule has 0 aromatic heterocycles. The van der Waals surface area contributed by atoms with Gasteiger partial charge in [0.05, 0.1) is 13.2 Å². The van der Waals surface area contributed by atoms with Crippen molar-refractivity contribution in [1.29, 1.82) is 0 Å². The summed E-state index contributed by atoms with van der Waals surface area (Å²) >= 11 is 0. The third-order valence-electron chi connectivity index (χ3n) is 7.00. The molecule has 0 spiro atoms. The maximum absolute atomic E-state index is 12.1. The predicted octanol–water partition coefficient (Wildman–Crippen LogP) is 8.15. The molecule has 0 aliphatic heterocycles. The van der Waals surface area contributed by atoms with Gasteiger partial charge in [-0.25, -0.2) is 9.59 Å². The standard InChI is InChI=1S/C32H58N4O4/c1-5-7-9-11-13-15-23-35(3)25-17-27-39-31(37)33-29-19-21-30(22-20-29)34-32(38)40-28-18-26-36(4)24-16-14-12-10-8-6-2/h19-22H,5-18,23-28H2,1-4H3,(H,33,37)(H,34,38). The maximum Gasteiger partial charge on any atom is 0.411 e. The van der Waals surface area contributed by atoms with Crippen LogP contribution in [-0.2, 0) is 9.47 Å². The molecule has 0 saturated heterocycles. The Labute approximate surface area is 244 Å². The summed E-state index contributed by atoms with van der Waals surface area (Å²) in [6.45, 7) is 9.24. The Morgan fingerprint density at radius 1 is 0.550 bits per heavy atom. The second-order valence-electron chi connectivity index (χ2n) is 10.9. The van der Waals surface area contributed by atoms with Gasteiger partial charge in [-0.1, -0.05) is 78.1 Å². The summed E-state index contributed by atoms with van der Waals surface area (Å²) in [5.41, 5.74) is 1.22. The van der Waals surface area contributed by atoms with E-state index in [1.54, 1.807) is 24.3 Å². The van der Waals surface area contributed by atoms with Crippen molar-refractivity contribution in [3.05, 3.63) is 24.3 Å². The molecule has 230 valence electrons. The molecule has 0 bridgehead atoms. The molecule has 40 heavy (non-hydrogen) atoms. The topological polar surface area (TPSA) is 83.1 Å². The van der Waals surface area contributed by atoms with Crippen LogP contribution in [0.2, 0.25) is 0 Å². The van der Waals surface area contributed by atoms with Gasteiger partial charge in [0.25, 0.3) is 0 Å². The molecular weight excluding hydrogens is 504 g/mol. The van der Waals surface area contributed by atoms with E-state index < -0.39 is 12.2 Å². The van der Waals surface area contributed by atoms with E-state index in [2.05, 4.69) is 48.4 Å². The van der Waals surface area contributed by atoms with Crippen LogP contribution in [0.15, 0.2) is 24.3 Å². The Morgan fingerprint density at radius 3 is 1.25 bits per heavy atom. The number of carbonyl (C=O) groups is 2. The molecule has 2 amide bonds. The Hall–Kier alpha value is -2.32. The molecule has 1 rings (SSSR count). The minimum atomic E-state index is -0.472. The van der Waals surface area contributed by atoms with Crippen molar-refractivity contribution in [3.8, 4) is 0 Å². The van der Waals surface area contributed by atoms with Gasteiger partial charge in [-0.05, 0) is 77.1 Å². The van der Waals surface area contributed by atoms with Gasteiger partial charge in [-0.2, -0.15) is 0 Å². The van der Waals surface area contributed by atoms with Crippen LogP contribution in [0.4, 0.5) is 21.0 Å². The quantitative estimate of drug-likeness (QED) is 0.124. The normalized spacial score (nSPS) is 11.2. The van der Waals surface area contributed by atoms with Crippen molar-refractivity contribution in [1.82, 2.24) is 9.80 Å². The van der Waals surface area contributed by atoms with Crippen LogP contribution in [0.5, 0.6) is 0 Å². The summed E-state index contributed by atoms with van der Waals surface area (Å²) in [6, 6.07) is 6.90. The lowest BCUT2D eigenvalue weighted by atomic mass is 10.1. The summed E-state index contributed by atoms with van der Waals surface area (Å²) < 4.78 is 10.6. The predicted molar refractivity (Wildman–Crippen MR) is 167 cm³/mol. The number of ether oxygens (including phenoxy) is 2. The summed E-state index contributed by atoms with van der Waals surface area (Å²) in [5.74, 6) is 0. The molecule has 0 saturated carbocycles. The van der Waals surface area contributed by atoms with Crippen molar-refractivity contribution in [2.24, 2.45) is 0 Å². The zero-order valence-electron chi connectivity index (χ0n) is 26.0. The van der Waals surface area contributed by atoms with Crippen LogP contribution in [0, 0.1) is 0 Å². The van der Waals surface area contributed by atoms with E-state index in [9.17, 15) is 9.59 Å². The Kier molecular flexibility index (Phi) is 21.8. The molecule has 0 fully saturated rings. The molecule has 0 radical (unpaired) electrons. The van der Waals surface area contributed by atoms with Gasteiger partial charge in [-0.15, -0.1) is 0 Å². The SMILES string of the molecule is CCCCCCCCN(C)CCCOC(=O)Nc1ccc(NC(=O)OCCCN(C)CCCCCCCC)cc1. The first-order valence-corrected chi connectivity index (χ1v) is 15.8. The van der Waals surface area contributed by atoms with Crippen molar-refractivity contribution >= 4 is 23.6 Å². The van der Waals surface area contributed by atoms with Gasteiger partial charge in [0.1, 0.15) is 0 Å². The fourth-order valence-corrected chi connectivity index (χ4v) is 4.49. The second kappa shape index (κ2) is 24.5. The number of carbonyl (C=O) groups excluding carboxylic acids is 2. The fraction of sp³-hybridized carbons (Fsp3) is 0.750. The smallest absolute Gasteiger partial charge is 0.411 e. The van der Waals surface area contributed by atoms with Crippen LogP contribution in [-0.4, -0.2) is 75.5 Å². The lowest BCUT2D eigenvalue weighted by molar-refractivity contribution is 0.153. The van der Waals surface area contributed by atoms with Crippen molar-refractivity contribution in [2.45, 2.75) is 104 Å². The zero-order valence-corrected chi connectivity index (χ0v) is 26.0. The molecule has 0 aliphatic carbocycles. The van der Waals surface area contributed by atoms with Crippen molar-refractivity contribution in [2.75, 3.05) is 64.1 Å². The van der Waals surface area contributed by atoms with Crippen LogP contribution in [0.1, 0.15) is 104 Å². The van der Waals surface area contributed by atoms with E-state index in [0.717, 1.165) is 39.0 Å². The number of hydrogen-bond donors (Lipinski definition) is 2. The fourth-order valence-electron chi connectivity index (χ4n) is 4.49. The van der Waals surface area contributed by atoms with Gasteiger partial charge in [0.15, 0.2) is 0 Å². The van der Waals surface area contributed by atoms with Crippen LogP contribution in [0.3, 0.4) is 0 Å². The van der Waals surface area contributed by atoms with Gasteiger partial charge in [-0.3, -0.25) is 10.6 Å². The average Bonchev–Trinajstić information content (AvgIpc) is 2.94. The molecule has 0 atom stereocenters. The lowest BCUT2D eigenvalue weighted by Gasteiger charge is -2.16. The summed E-state index contributed by atoms with van der Waals surface area (Å²) in [7, 11) is 4.24. The molecule has 8 nitrogen and oxygen atoms in total. The minimum Gasteiger partial charge on any atom is -0.449 e. The highest BCUT2D eigenvalue weighted by molar-refractivity contribution is 5.87. The molecule has 1 aromatic rings. The molecule has 8 heteroatoms. The molecule has 0 heterocycles. The number of nitrogens with one attached hydrogen (secondary N) is 2. The van der Waals surface area contributed by atoms with Gasteiger partial charge < -0.3 is 19.3 Å². The van der Waals surface area contributed by atoms with Gasteiger partial charge in [0, 0.05) is 24.5 Å². The highest BCUT2D eigenvalue weighted by Crippen LogP contribution is 2.14. The second-order valence-corrected chi connectivity index (χ2v) is 10.9. The average molecular weight is 563 g/mol. The molecule has 0 unspecified atom stereocenters. The highest BCUT2D eigenvalue weighted by Gasteiger charge is 2.07. The first-order chi connectivity index (χ1) is 19.4. The number of anilines is 2. The first-order valence-electron chi connectivity index (χ1n) is 15.8. The highest BCUT2D eigenvalue weighted by atomic mass is 16.6. The molecule has 2 N–H and O–H groups in total. The van der Waals surface area contributed by atoms with E-state index in [1.807, 2.05) is 0 Å². The molecular formula is C32H58N4O4. The number of amides is 2. The first kappa shape index (κ1) is 35.7. The summed E-state index contributed by atoms with van der Waals surface area (Å²) in [6.07, 6.45) is 16.3. The van der Waals surface area contributed by atoms with E-state index in [-0.39, 0.29) is 0 Å². The maximum atomic E-state index is 12.1. The number of nitrogens with zero attached hydrogens (tertiary/aromatic N) is 2. The third kappa shape index (κ3) is 20.6. The van der Waals surface area contributed by atoms with Crippen LogP contribution in [0.25, 0.3) is 0 Å². The van der Waals surface area contributed by atoms with Crippen molar-refractivity contribution in [3.63, 3.8) is 0 Å². The zero-order chi connectivity index (χ0) is 29.3. The Balaban J connectivity index is 2.09. The third-order valence-corrected chi connectivity index (χ3v) is 7.00. The van der Waals surface area contributed by atoms with Crippen LogP contribution >= 0.6 is 0 Å². The van der Waals surface area contributed by atoms with E-state index in [4.69, 9.17) is 9.47 Å². The Morgan fingerprint density at radius 2 is 0.875 bits per heavy atom. The summed E-state index contributed by atoms with van der Waals surface area (Å²) in [4.78, 5) is 28.8. The largest absolute Gasteiger partial charge is 0.449 e. The number of benzene rings is 1. The number of rotatable bonds is 24. The van der Waals surface area contributed by atoms with E-state index in [1.165, 1.54) is 77.0 Å². The number of unbranched alkanes of at least 4 members (excludes halogenated alkanes) is 10. The van der Waals surface area contributed by atoms with E-state index >= 15 is 0 Å².